The van der Waals surface area contributed by atoms with Crippen LogP contribution >= 0.6 is 24.0 Å². The van der Waals surface area contributed by atoms with E-state index in [1.807, 2.05) is 10.8 Å². The second-order valence-electron chi connectivity index (χ2n) is 1.63. The van der Waals surface area contributed by atoms with Gasteiger partial charge in [-0.3, -0.25) is 4.79 Å². The Labute approximate surface area is 63.1 Å². The molecule has 1 aromatic rings. The van der Waals surface area contributed by atoms with E-state index < -0.39 is 0 Å². The monoisotopic (exact) mass is 158 g/mol. The maximum atomic E-state index is 10.2. The van der Waals surface area contributed by atoms with Gasteiger partial charge in [0.1, 0.15) is 0 Å². The highest BCUT2D eigenvalue weighted by Gasteiger charge is 1.97. The third-order valence-corrected chi connectivity index (χ3v) is 2.22. The van der Waals surface area contributed by atoms with Crippen molar-refractivity contribution in [3.8, 4) is 0 Å². The first kappa shape index (κ1) is 6.83. The van der Waals surface area contributed by atoms with Gasteiger partial charge in [-0.05, 0) is 10.9 Å². The van der Waals surface area contributed by atoms with Gasteiger partial charge in [0.25, 0.3) is 0 Å². The number of hydrogen-bond donors (Lipinski definition) is 1. The molecule has 48 valence electrons. The summed E-state index contributed by atoms with van der Waals surface area (Å²) >= 11 is 5.58. The molecule has 1 nitrogen and oxygen atoms in total. The molecule has 0 aliphatic heterocycles. The van der Waals surface area contributed by atoms with E-state index in [0.717, 1.165) is 17.4 Å². The fourth-order valence-corrected chi connectivity index (χ4v) is 1.77. The summed E-state index contributed by atoms with van der Waals surface area (Å²) in [7, 11) is 0. The van der Waals surface area contributed by atoms with Crippen LogP contribution in [0.4, 0.5) is 0 Å². The second kappa shape index (κ2) is 3.03. The van der Waals surface area contributed by atoms with E-state index in [0.29, 0.717) is 5.75 Å². The van der Waals surface area contributed by atoms with Crippen LogP contribution in [0.5, 0.6) is 0 Å². The van der Waals surface area contributed by atoms with E-state index in [1.54, 1.807) is 0 Å². The van der Waals surface area contributed by atoms with Crippen molar-refractivity contribution in [3.05, 3.63) is 21.9 Å². The molecule has 0 saturated heterocycles. The van der Waals surface area contributed by atoms with Gasteiger partial charge in [-0.2, -0.15) is 24.0 Å². The third kappa shape index (κ3) is 1.34. The number of aldehydes is 1. The largest absolute Gasteiger partial charge is 0.298 e. The van der Waals surface area contributed by atoms with E-state index in [-0.39, 0.29) is 0 Å². The van der Waals surface area contributed by atoms with Crippen LogP contribution < -0.4 is 0 Å². The van der Waals surface area contributed by atoms with Crippen LogP contribution in [0.25, 0.3) is 0 Å². The zero-order chi connectivity index (χ0) is 6.69. The van der Waals surface area contributed by atoms with Gasteiger partial charge in [0.05, 0.1) is 0 Å². The normalized spacial score (nSPS) is 9.44. The molecule has 0 unspecified atom stereocenters. The Morgan fingerprint density at radius 3 is 2.89 bits per heavy atom. The van der Waals surface area contributed by atoms with Crippen LogP contribution in [0.15, 0.2) is 10.8 Å². The number of carbonyl (C=O) groups excluding carboxylic acids is 1. The summed E-state index contributed by atoms with van der Waals surface area (Å²) < 4.78 is 0. The van der Waals surface area contributed by atoms with Gasteiger partial charge in [-0.25, -0.2) is 0 Å². The summed E-state index contributed by atoms with van der Waals surface area (Å²) in [5, 5.41) is 3.77. The summed E-state index contributed by atoms with van der Waals surface area (Å²) in [6.45, 7) is 0. The van der Waals surface area contributed by atoms with Crippen LogP contribution in [0, 0.1) is 0 Å². The fraction of sp³-hybridized carbons (Fsp3) is 0.167. The van der Waals surface area contributed by atoms with E-state index in [9.17, 15) is 4.79 Å². The molecule has 0 saturated carbocycles. The Hall–Kier alpha value is -0.280. The molecule has 1 heterocycles. The number of rotatable bonds is 2. The zero-order valence-electron chi connectivity index (χ0n) is 4.70. The lowest BCUT2D eigenvalue weighted by Crippen LogP contribution is -1.79. The zero-order valence-corrected chi connectivity index (χ0v) is 6.41. The average molecular weight is 158 g/mol. The molecular formula is C6H6OS2. The molecule has 0 N–H and O–H groups in total. The van der Waals surface area contributed by atoms with Crippen LogP contribution in [0.1, 0.15) is 15.9 Å². The maximum absolute atomic E-state index is 10.2. The molecule has 0 aliphatic rings. The van der Waals surface area contributed by atoms with Gasteiger partial charge in [0.2, 0.25) is 0 Å². The van der Waals surface area contributed by atoms with Crippen LogP contribution in [-0.4, -0.2) is 6.29 Å². The summed E-state index contributed by atoms with van der Waals surface area (Å²) in [4.78, 5) is 10.2. The minimum absolute atomic E-state index is 0.650. The molecule has 9 heavy (non-hydrogen) atoms. The summed E-state index contributed by atoms with van der Waals surface area (Å²) in [5.74, 6) is 0.650. The van der Waals surface area contributed by atoms with Gasteiger partial charge < -0.3 is 0 Å². The fourth-order valence-electron chi connectivity index (χ4n) is 0.565. The van der Waals surface area contributed by atoms with Gasteiger partial charge in [-0.15, -0.1) is 0 Å². The lowest BCUT2D eigenvalue weighted by molar-refractivity contribution is 0.112. The molecule has 0 amide bonds. The minimum atomic E-state index is 0.650. The van der Waals surface area contributed by atoms with Crippen molar-refractivity contribution >= 4 is 30.3 Å². The molecule has 0 radical (unpaired) electrons. The average Bonchev–Trinajstić information content (AvgIpc) is 2.33. The number of hydrogen-bond acceptors (Lipinski definition) is 3. The Morgan fingerprint density at radius 1 is 1.67 bits per heavy atom. The standard InChI is InChI=1S/C6H6OS2/c7-1-5-3-9-4-6(5)2-8/h1,3-4,8H,2H2. The van der Waals surface area contributed by atoms with E-state index in [4.69, 9.17) is 0 Å². The Balaban J connectivity index is 2.98. The van der Waals surface area contributed by atoms with Gasteiger partial charge in [-0.1, -0.05) is 0 Å². The first-order chi connectivity index (χ1) is 4.38. The van der Waals surface area contributed by atoms with E-state index in [2.05, 4.69) is 12.6 Å². The van der Waals surface area contributed by atoms with E-state index >= 15 is 0 Å². The summed E-state index contributed by atoms with van der Waals surface area (Å²) in [5.41, 5.74) is 1.80. The van der Waals surface area contributed by atoms with Crippen molar-refractivity contribution in [2.45, 2.75) is 5.75 Å². The summed E-state index contributed by atoms with van der Waals surface area (Å²) in [6, 6.07) is 0. The SMILES string of the molecule is O=Cc1cscc1CS. The lowest BCUT2D eigenvalue weighted by atomic mass is 10.2. The van der Waals surface area contributed by atoms with Crippen molar-refractivity contribution in [3.63, 3.8) is 0 Å². The number of carbonyl (C=O) groups is 1. The van der Waals surface area contributed by atoms with Crippen molar-refractivity contribution in [2.75, 3.05) is 0 Å². The molecule has 1 aromatic heterocycles. The number of thiophene rings is 1. The molecule has 0 spiro atoms. The predicted octanol–water partition coefficient (Wildman–Crippen LogP) is 1.99. The Bertz CT molecular complexity index is 205. The summed E-state index contributed by atoms with van der Waals surface area (Å²) in [6.07, 6.45) is 0.863. The van der Waals surface area contributed by atoms with Gasteiger partial charge in [0, 0.05) is 16.7 Å². The molecule has 1 rings (SSSR count). The quantitative estimate of drug-likeness (QED) is 0.514. The highest BCUT2D eigenvalue weighted by Crippen LogP contribution is 2.14. The third-order valence-electron chi connectivity index (χ3n) is 1.07. The van der Waals surface area contributed by atoms with Gasteiger partial charge in [0.15, 0.2) is 6.29 Å². The molecule has 0 bridgehead atoms. The molecule has 0 aliphatic carbocycles. The minimum Gasteiger partial charge on any atom is -0.298 e. The van der Waals surface area contributed by atoms with Crippen molar-refractivity contribution < 1.29 is 4.79 Å². The van der Waals surface area contributed by atoms with Crippen molar-refractivity contribution in [2.24, 2.45) is 0 Å². The van der Waals surface area contributed by atoms with Crippen molar-refractivity contribution in [1.82, 2.24) is 0 Å². The van der Waals surface area contributed by atoms with E-state index in [1.165, 1.54) is 11.3 Å². The first-order valence-electron chi connectivity index (χ1n) is 2.49. The Morgan fingerprint density at radius 2 is 2.44 bits per heavy atom. The molecule has 0 fully saturated rings. The van der Waals surface area contributed by atoms with Crippen LogP contribution in [0.3, 0.4) is 0 Å². The smallest absolute Gasteiger partial charge is 0.151 e. The molecule has 0 aromatic carbocycles. The van der Waals surface area contributed by atoms with Crippen LogP contribution in [0.2, 0.25) is 0 Å². The predicted molar refractivity (Wildman–Crippen MR) is 42.4 cm³/mol. The van der Waals surface area contributed by atoms with Gasteiger partial charge >= 0.3 is 0 Å². The highest BCUT2D eigenvalue weighted by atomic mass is 32.1. The van der Waals surface area contributed by atoms with Crippen molar-refractivity contribution in [1.29, 1.82) is 0 Å². The lowest BCUT2D eigenvalue weighted by Gasteiger charge is -1.86. The van der Waals surface area contributed by atoms with Crippen LogP contribution in [-0.2, 0) is 5.75 Å². The highest BCUT2D eigenvalue weighted by molar-refractivity contribution is 7.79. The maximum Gasteiger partial charge on any atom is 0.151 e. The molecule has 0 atom stereocenters. The molecular weight excluding hydrogens is 152 g/mol. The first-order valence-corrected chi connectivity index (χ1v) is 4.07. The molecule has 3 heteroatoms. The number of thiol groups is 1. The second-order valence-corrected chi connectivity index (χ2v) is 2.69. The topological polar surface area (TPSA) is 17.1 Å². The Kier molecular flexibility index (Phi) is 2.30.